The van der Waals surface area contributed by atoms with Crippen LogP contribution in [0.25, 0.3) is 0 Å². The molecule has 0 aromatic carbocycles. The Balaban J connectivity index is 2.93. The second kappa shape index (κ2) is 3.55. The molecule has 1 aliphatic rings. The summed E-state index contributed by atoms with van der Waals surface area (Å²) in [5.41, 5.74) is 0. The zero-order valence-corrected chi connectivity index (χ0v) is 7.94. The molecule has 12 heavy (non-hydrogen) atoms. The van der Waals surface area contributed by atoms with Crippen molar-refractivity contribution in [2.24, 2.45) is 0 Å². The SMILES string of the molecule is O=S(=O)=CS(=O)(=O)N1CCCC1. The molecule has 0 bridgehead atoms. The molecule has 0 spiro atoms. The van der Waals surface area contributed by atoms with Gasteiger partial charge in [0.1, 0.15) is 0 Å². The van der Waals surface area contributed by atoms with Gasteiger partial charge in [-0.05, 0) is 12.8 Å². The second-order valence-electron chi connectivity index (χ2n) is 2.51. The van der Waals surface area contributed by atoms with Gasteiger partial charge in [0, 0.05) is 13.1 Å². The molecule has 0 aromatic heterocycles. The lowest BCUT2D eigenvalue weighted by Gasteiger charge is -2.09. The Hall–Kier alpha value is -0.400. The first-order valence-electron chi connectivity index (χ1n) is 3.45. The Bertz CT molecular complexity index is 366. The third kappa shape index (κ3) is 2.29. The second-order valence-corrected chi connectivity index (χ2v) is 5.34. The fourth-order valence-electron chi connectivity index (χ4n) is 1.10. The molecule has 0 atom stereocenters. The van der Waals surface area contributed by atoms with Crippen LogP contribution in [-0.2, 0) is 20.3 Å². The van der Waals surface area contributed by atoms with E-state index in [-0.39, 0.29) is 0 Å². The van der Waals surface area contributed by atoms with E-state index in [2.05, 4.69) is 0 Å². The van der Waals surface area contributed by atoms with Crippen molar-refractivity contribution < 1.29 is 16.8 Å². The van der Waals surface area contributed by atoms with Gasteiger partial charge < -0.3 is 0 Å². The lowest BCUT2D eigenvalue weighted by molar-refractivity contribution is 0.490. The molecule has 7 heteroatoms. The van der Waals surface area contributed by atoms with Crippen molar-refractivity contribution >= 4 is 25.0 Å². The summed E-state index contributed by atoms with van der Waals surface area (Å²) in [4.78, 5) is 0. The summed E-state index contributed by atoms with van der Waals surface area (Å²) in [5.74, 6) is 0. The summed E-state index contributed by atoms with van der Waals surface area (Å²) in [5, 5.41) is 0. The standard InChI is InChI=1S/C5H9NO4S2/c7-11(8)5-12(9,10)6-3-1-2-4-6/h5H,1-4H2. The lowest BCUT2D eigenvalue weighted by Crippen LogP contribution is -2.28. The highest BCUT2D eigenvalue weighted by atomic mass is 32.2. The maximum absolute atomic E-state index is 11.1. The third-order valence-electron chi connectivity index (χ3n) is 1.63. The molecule has 1 saturated heterocycles. The van der Waals surface area contributed by atoms with Gasteiger partial charge in [-0.1, -0.05) is 0 Å². The molecule has 1 fully saturated rings. The molecule has 0 radical (unpaired) electrons. The molecular formula is C5H9NO4S2. The summed E-state index contributed by atoms with van der Waals surface area (Å²) in [7, 11) is -6.30. The van der Waals surface area contributed by atoms with Gasteiger partial charge in [-0.25, -0.2) is 8.42 Å². The molecule has 0 N–H and O–H groups in total. The Morgan fingerprint density at radius 1 is 1.17 bits per heavy atom. The molecule has 0 saturated carbocycles. The van der Waals surface area contributed by atoms with Gasteiger partial charge in [0.2, 0.25) is 10.3 Å². The van der Waals surface area contributed by atoms with Crippen LogP contribution in [0.2, 0.25) is 0 Å². The Morgan fingerprint density at radius 3 is 2.08 bits per heavy atom. The Labute approximate surface area is 72.6 Å². The van der Waals surface area contributed by atoms with E-state index >= 15 is 0 Å². The highest BCUT2D eigenvalue weighted by molar-refractivity contribution is 8.11. The molecule has 1 heterocycles. The van der Waals surface area contributed by atoms with Crippen LogP contribution < -0.4 is 0 Å². The minimum atomic E-state index is -3.66. The van der Waals surface area contributed by atoms with E-state index in [0.717, 1.165) is 12.8 Å². The Morgan fingerprint density at radius 2 is 1.67 bits per heavy atom. The average Bonchev–Trinajstić information content (AvgIpc) is 2.32. The largest absolute Gasteiger partial charge is 0.251 e. The molecule has 0 amide bonds. The van der Waals surface area contributed by atoms with Crippen molar-refractivity contribution in [2.75, 3.05) is 13.1 Å². The van der Waals surface area contributed by atoms with Crippen molar-refractivity contribution in [3.05, 3.63) is 0 Å². The molecule has 70 valence electrons. The maximum Gasteiger partial charge on any atom is 0.251 e. The molecule has 0 aromatic rings. The van der Waals surface area contributed by atoms with Crippen LogP contribution in [0.4, 0.5) is 0 Å². The third-order valence-corrected chi connectivity index (χ3v) is 4.31. The normalized spacial score (nSPS) is 19.3. The van der Waals surface area contributed by atoms with E-state index in [0.29, 0.717) is 17.8 Å². The van der Waals surface area contributed by atoms with E-state index in [1.54, 1.807) is 0 Å². The van der Waals surface area contributed by atoms with Crippen LogP contribution in [0, 0.1) is 0 Å². The predicted molar refractivity (Wildman–Crippen MR) is 44.7 cm³/mol. The number of rotatable bonds is 2. The molecule has 0 unspecified atom stereocenters. The summed E-state index contributed by atoms with van der Waals surface area (Å²) in [6.07, 6.45) is 1.61. The molecule has 0 aliphatic carbocycles. The quantitative estimate of drug-likeness (QED) is 0.552. The fraction of sp³-hybridized carbons (Fsp3) is 0.800. The van der Waals surface area contributed by atoms with Crippen LogP contribution in [0.1, 0.15) is 12.8 Å². The van der Waals surface area contributed by atoms with E-state index in [4.69, 9.17) is 0 Å². The summed E-state index contributed by atoms with van der Waals surface area (Å²) in [6.45, 7) is 0.853. The van der Waals surface area contributed by atoms with Gasteiger partial charge in [0.15, 0.2) is 4.70 Å². The van der Waals surface area contributed by atoms with E-state index < -0.39 is 20.3 Å². The zero-order valence-electron chi connectivity index (χ0n) is 6.30. The number of hydrogen-bond donors (Lipinski definition) is 0. The Kier molecular flexibility index (Phi) is 2.86. The van der Waals surface area contributed by atoms with Gasteiger partial charge in [-0.15, -0.1) is 0 Å². The van der Waals surface area contributed by atoms with Crippen LogP contribution in [-0.4, -0.2) is 38.9 Å². The first kappa shape index (κ1) is 9.69. The molecule has 5 nitrogen and oxygen atoms in total. The van der Waals surface area contributed by atoms with Crippen LogP contribution >= 0.6 is 0 Å². The summed E-state index contributed by atoms with van der Waals surface area (Å²) in [6, 6.07) is 0. The zero-order chi connectivity index (χ0) is 9.19. The van der Waals surface area contributed by atoms with Gasteiger partial charge >= 0.3 is 0 Å². The summed E-state index contributed by atoms with van der Waals surface area (Å²) >= 11 is 0. The molecular weight excluding hydrogens is 202 g/mol. The van der Waals surface area contributed by atoms with Crippen molar-refractivity contribution in [1.29, 1.82) is 0 Å². The highest BCUT2D eigenvalue weighted by Crippen LogP contribution is 2.10. The van der Waals surface area contributed by atoms with Crippen molar-refractivity contribution in [1.82, 2.24) is 4.31 Å². The minimum Gasteiger partial charge on any atom is -0.206 e. The first-order valence-corrected chi connectivity index (χ1v) is 6.09. The van der Waals surface area contributed by atoms with E-state index in [9.17, 15) is 16.8 Å². The number of sulfonamides is 1. The predicted octanol–water partition coefficient (Wildman–Crippen LogP) is -0.949. The van der Waals surface area contributed by atoms with E-state index in [1.165, 1.54) is 4.31 Å². The van der Waals surface area contributed by atoms with Gasteiger partial charge in [-0.3, -0.25) is 0 Å². The van der Waals surface area contributed by atoms with Crippen molar-refractivity contribution in [2.45, 2.75) is 12.8 Å². The van der Waals surface area contributed by atoms with Crippen LogP contribution in [0.15, 0.2) is 0 Å². The fourth-order valence-corrected chi connectivity index (χ4v) is 3.15. The maximum atomic E-state index is 11.1. The topological polar surface area (TPSA) is 71.5 Å². The van der Waals surface area contributed by atoms with E-state index in [1.807, 2.05) is 0 Å². The highest BCUT2D eigenvalue weighted by Gasteiger charge is 2.23. The smallest absolute Gasteiger partial charge is 0.206 e. The lowest BCUT2D eigenvalue weighted by atomic mass is 10.4. The molecule has 1 aliphatic heterocycles. The van der Waals surface area contributed by atoms with Crippen LogP contribution in [0.5, 0.6) is 0 Å². The van der Waals surface area contributed by atoms with Gasteiger partial charge in [-0.2, -0.15) is 12.7 Å². The van der Waals surface area contributed by atoms with Crippen molar-refractivity contribution in [3.8, 4) is 0 Å². The monoisotopic (exact) mass is 211 g/mol. The first-order chi connectivity index (χ1) is 5.52. The number of hydrogen-bond acceptors (Lipinski definition) is 4. The average molecular weight is 211 g/mol. The number of nitrogens with zero attached hydrogens (tertiary/aromatic N) is 1. The van der Waals surface area contributed by atoms with Crippen LogP contribution in [0.3, 0.4) is 0 Å². The minimum absolute atomic E-state index is 0.346. The van der Waals surface area contributed by atoms with Crippen molar-refractivity contribution in [3.63, 3.8) is 0 Å². The van der Waals surface area contributed by atoms with Gasteiger partial charge in [0.25, 0.3) is 10.0 Å². The molecule has 1 rings (SSSR count). The van der Waals surface area contributed by atoms with Gasteiger partial charge in [0.05, 0.1) is 0 Å². The summed E-state index contributed by atoms with van der Waals surface area (Å²) < 4.78 is 44.0.